The summed E-state index contributed by atoms with van der Waals surface area (Å²) in [5, 5.41) is 2.43. The van der Waals surface area contributed by atoms with Crippen molar-refractivity contribution in [1.82, 2.24) is 0 Å². The molecule has 5 aromatic rings. The third-order valence-corrected chi connectivity index (χ3v) is 11.3. The van der Waals surface area contributed by atoms with Crippen LogP contribution in [0.3, 0.4) is 0 Å². The van der Waals surface area contributed by atoms with Crippen molar-refractivity contribution in [2.45, 2.75) is 60.3 Å². The molecule has 3 aliphatic heterocycles. The zero-order valence-corrected chi connectivity index (χ0v) is 21.4. The maximum absolute atomic E-state index is 6.53. The number of benzene rings is 4. The molecular weight excluding hydrogens is 457 g/mol. The molecule has 1 fully saturated rings. The van der Waals surface area contributed by atoms with Crippen molar-refractivity contribution in [2.75, 3.05) is 4.90 Å². The van der Waals surface area contributed by atoms with E-state index >= 15 is 0 Å². The quantitative estimate of drug-likeness (QED) is 0.226. The standard InChI is InChI=1S/C32H26BNOS/c1-31-17-5-6-18-32(31,2)34-24-12-8-14-26-27(24)33(22-11-7-10-21(31)28(22)34)23-16-15-20-19-9-3-4-13-25(19)35-29(20)30(23)36-26/h3-4,7-16H,5-6,17-18H2,1-2H3. The summed E-state index contributed by atoms with van der Waals surface area (Å²) in [7, 11) is 0. The van der Waals surface area contributed by atoms with Gasteiger partial charge in [-0.15, -0.1) is 0 Å². The summed E-state index contributed by atoms with van der Waals surface area (Å²) in [5.74, 6) is 0. The first-order valence-corrected chi connectivity index (χ1v) is 14.1. The lowest BCUT2D eigenvalue weighted by molar-refractivity contribution is 0.195. The van der Waals surface area contributed by atoms with Crippen molar-refractivity contribution in [3.63, 3.8) is 0 Å². The average Bonchev–Trinajstić information content (AvgIpc) is 3.38. The van der Waals surface area contributed by atoms with Crippen LogP contribution in [0.15, 0.2) is 87.0 Å². The molecule has 36 heavy (non-hydrogen) atoms. The first-order valence-electron chi connectivity index (χ1n) is 13.3. The minimum atomic E-state index is 0.109. The molecule has 2 unspecified atom stereocenters. The molecule has 0 radical (unpaired) electrons. The summed E-state index contributed by atoms with van der Waals surface area (Å²) in [4.78, 5) is 5.44. The number of hydrogen-bond donors (Lipinski definition) is 0. The highest BCUT2D eigenvalue weighted by atomic mass is 32.2. The summed E-state index contributed by atoms with van der Waals surface area (Å²) in [6.07, 6.45) is 5.14. The van der Waals surface area contributed by atoms with E-state index in [0.29, 0.717) is 0 Å². The van der Waals surface area contributed by atoms with Crippen LogP contribution in [-0.2, 0) is 5.41 Å². The molecule has 0 saturated heterocycles. The molecule has 4 aromatic carbocycles. The van der Waals surface area contributed by atoms with Crippen molar-refractivity contribution >= 4 is 68.2 Å². The Labute approximate surface area is 215 Å². The average molecular weight is 483 g/mol. The monoisotopic (exact) mass is 483 g/mol. The SMILES string of the molecule is CC12CCCCC1(C)N1c3cccc4c3B(c3cccc2c31)c1ccc2c(oc3ccccc32)c1S4. The van der Waals surface area contributed by atoms with E-state index in [-0.39, 0.29) is 17.7 Å². The highest BCUT2D eigenvalue weighted by Crippen LogP contribution is 2.61. The van der Waals surface area contributed by atoms with Gasteiger partial charge in [-0.1, -0.05) is 91.6 Å². The lowest BCUT2D eigenvalue weighted by Gasteiger charge is -2.52. The van der Waals surface area contributed by atoms with Crippen molar-refractivity contribution in [3.05, 3.63) is 78.4 Å². The number of nitrogens with zero attached hydrogens (tertiary/aromatic N) is 1. The lowest BCUT2D eigenvalue weighted by Crippen LogP contribution is -2.63. The van der Waals surface area contributed by atoms with E-state index in [0.717, 1.165) is 11.2 Å². The predicted molar refractivity (Wildman–Crippen MR) is 152 cm³/mol. The molecule has 1 saturated carbocycles. The van der Waals surface area contributed by atoms with Crippen LogP contribution < -0.4 is 21.3 Å². The number of rotatable bonds is 0. The summed E-state index contributed by atoms with van der Waals surface area (Å²) in [6.45, 7) is 5.32. The number of para-hydroxylation sites is 2. The van der Waals surface area contributed by atoms with E-state index in [1.165, 1.54) is 74.0 Å². The van der Waals surface area contributed by atoms with E-state index in [9.17, 15) is 0 Å². The molecule has 4 aliphatic rings. The summed E-state index contributed by atoms with van der Waals surface area (Å²) in [6, 6.07) is 27.3. The van der Waals surface area contributed by atoms with Gasteiger partial charge in [0.2, 0.25) is 6.71 Å². The Balaban J connectivity index is 1.39. The van der Waals surface area contributed by atoms with Gasteiger partial charge in [0.25, 0.3) is 0 Å². The van der Waals surface area contributed by atoms with Crippen molar-refractivity contribution in [1.29, 1.82) is 0 Å². The van der Waals surface area contributed by atoms with Gasteiger partial charge in [-0.05, 0) is 54.5 Å². The Morgan fingerprint density at radius 1 is 0.833 bits per heavy atom. The molecule has 0 N–H and O–H groups in total. The minimum absolute atomic E-state index is 0.109. The van der Waals surface area contributed by atoms with Gasteiger partial charge in [0, 0.05) is 32.5 Å². The van der Waals surface area contributed by atoms with Crippen LogP contribution in [0.5, 0.6) is 0 Å². The second-order valence-corrected chi connectivity index (χ2v) is 12.6. The first-order chi connectivity index (χ1) is 17.6. The fourth-order valence-electron chi connectivity index (χ4n) is 8.21. The Hall–Kier alpha value is -3.11. The van der Waals surface area contributed by atoms with Gasteiger partial charge < -0.3 is 9.32 Å². The zero-order valence-electron chi connectivity index (χ0n) is 20.6. The zero-order chi connectivity index (χ0) is 23.8. The van der Waals surface area contributed by atoms with Gasteiger partial charge in [0.15, 0.2) is 0 Å². The molecule has 4 heteroatoms. The number of hydrogen-bond acceptors (Lipinski definition) is 3. The molecule has 0 spiro atoms. The summed E-state index contributed by atoms with van der Waals surface area (Å²) < 4.78 is 6.53. The van der Waals surface area contributed by atoms with E-state index in [4.69, 9.17) is 4.42 Å². The number of furan rings is 1. The van der Waals surface area contributed by atoms with Crippen molar-refractivity contribution < 1.29 is 4.42 Å². The predicted octanol–water partition coefficient (Wildman–Crippen LogP) is 6.62. The highest BCUT2D eigenvalue weighted by Gasteiger charge is 2.60. The van der Waals surface area contributed by atoms with E-state index in [2.05, 4.69) is 91.5 Å². The highest BCUT2D eigenvalue weighted by molar-refractivity contribution is 8.00. The minimum Gasteiger partial charge on any atom is -0.455 e. The summed E-state index contributed by atoms with van der Waals surface area (Å²) >= 11 is 1.91. The van der Waals surface area contributed by atoms with Crippen molar-refractivity contribution in [3.8, 4) is 0 Å². The van der Waals surface area contributed by atoms with Gasteiger partial charge in [0.05, 0.1) is 10.4 Å². The van der Waals surface area contributed by atoms with Gasteiger partial charge >= 0.3 is 0 Å². The van der Waals surface area contributed by atoms with Crippen LogP contribution in [0.25, 0.3) is 21.9 Å². The van der Waals surface area contributed by atoms with Crippen LogP contribution in [0, 0.1) is 0 Å². The van der Waals surface area contributed by atoms with Crippen LogP contribution in [0.2, 0.25) is 0 Å². The van der Waals surface area contributed by atoms with Crippen molar-refractivity contribution in [2.24, 2.45) is 0 Å². The molecular formula is C32H26BNOS. The lowest BCUT2D eigenvalue weighted by atomic mass is 9.35. The normalized spacial score (nSPS) is 25.1. The fourth-order valence-corrected chi connectivity index (χ4v) is 9.45. The van der Waals surface area contributed by atoms with Gasteiger partial charge in [-0.25, -0.2) is 0 Å². The molecule has 2 nitrogen and oxygen atoms in total. The number of fused-ring (bicyclic) bond motifs is 11. The van der Waals surface area contributed by atoms with E-state index in [1.54, 1.807) is 5.56 Å². The van der Waals surface area contributed by atoms with Gasteiger partial charge in [-0.3, -0.25) is 0 Å². The Bertz CT molecular complexity index is 1790. The molecule has 1 aromatic heterocycles. The third kappa shape index (κ3) is 2.09. The van der Waals surface area contributed by atoms with Gasteiger partial charge in [0.1, 0.15) is 11.2 Å². The number of anilines is 2. The molecule has 4 heterocycles. The maximum atomic E-state index is 6.53. The second kappa shape index (κ2) is 6.41. The fraction of sp³-hybridized carbons (Fsp3) is 0.250. The third-order valence-electron chi connectivity index (χ3n) is 10.1. The molecule has 174 valence electrons. The second-order valence-electron chi connectivity index (χ2n) is 11.6. The largest absolute Gasteiger partial charge is 0.455 e. The van der Waals surface area contributed by atoms with Crippen LogP contribution >= 0.6 is 11.8 Å². The molecule has 0 bridgehead atoms. The first kappa shape index (κ1) is 20.0. The molecule has 0 amide bonds. The van der Waals surface area contributed by atoms with Gasteiger partial charge in [-0.2, -0.15) is 0 Å². The molecule has 1 aliphatic carbocycles. The smallest absolute Gasteiger partial charge is 0.249 e. The molecule has 2 atom stereocenters. The molecule has 9 rings (SSSR count). The van der Waals surface area contributed by atoms with Crippen LogP contribution in [0.4, 0.5) is 11.4 Å². The summed E-state index contributed by atoms with van der Waals surface area (Å²) in [5.41, 5.74) is 11.1. The van der Waals surface area contributed by atoms with E-state index in [1.807, 2.05) is 11.8 Å². The Morgan fingerprint density at radius 2 is 1.69 bits per heavy atom. The van der Waals surface area contributed by atoms with Crippen LogP contribution in [0.1, 0.15) is 45.1 Å². The Morgan fingerprint density at radius 3 is 2.64 bits per heavy atom. The maximum Gasteiger partial charge on any atom is 0.249 e. The van der Waals surface area contributed by atoms with E-state index < -0.39 is 0 Å². The topological polar surface area (TPSA) is 16.4 Å². The Kier molecular flexibility index (Phi) is 3.56. The van der Waals surface area contributed by atoms with Crippen LogP contribution in [-0.4, -0.2) is 12.3 Å².